The highest BCUT2D eigenvalue weighted by Gasteiger charge is 2.29. The molecule has 0 heterocycles. The van der Waals surface area contributed by atoms with Crippen LogP contribution >= 0.6 is 0 Å². The maximum absolute atomic E-state index is 6.27. The molecular weight excluding hydrogens is 198 g/mol. The Labute approximate surface area is 101 Å². The average Bonchev–Trinajstić information content (AvgIpc) is 2.20. The van der Waals surface area contributed by atoms with Gasteiger partial charge < -0.3 is 10.6 Å². The van der Waals surface area contributed by atoms with Crippen LogP contribution in [0.4, 0.5) is 0 Å². The molecule has 0 aromatic rings. The van der Waals surface area contributed by atoms with Crippen LogP contribution < -0.4 is 5.73 Å². The molecule has 1 saturated carbocycles. The van der Waals surface area contributed by atoms with Crippen molar-refractivity contribution in [1.29, 1.82) is 0 Å². The third-order valence-electron chi connectivity index (χ3n) is 3.77. The second kappa shape index (κ2) is 6.58. The molecule has 3 unspecified atom stereocenters. The number of nitrogens with two attached hydrogens (primary N) is 1. The molecule has 1 aliphatic rings. The van der Waals surface area contributed by atoms with Crippen LogP contribution in [0.1, 0.15) is 39.5 Å². The minimum atomic E-state index is 0.387. The van der Waals surface area contributed by atoms with Gasteiger partial charge in [-0.15, -0.1) is 0 Å². The Kier molecular flexibility index (Phi) is 5.73. The molecule has 0 amide bonds. The van der Waals surface area contributed by atoms with Crippen molar-refractivity contribution in [3.63, 3.8) is 0 Å². The van der Waals surface area contributed by atoms with E-state index in [9.17, 15) is 0 Å². The van der Waals surface area contributed by atoms with E-state index in [-0.39, 0.29) is 0 Å². The van der Waals surface area contributed by atoms with Gasteiger partial charge in [-0.05, 0) is 40.4 Å². The monoisotopic (exact) mass is 227 g/mol. The van der Waals surface area contributed by atoms with Gasteiger partial charge in [-0.3, -0.25) is 4.90 Å². The predicted molar refractivity (Wildman–Crippen MR) is 70.6 cm³/mol. The van der Waals surface area contributed by atoms with Gasteiger partial charge in [0, 0.05) is 24.7 Å². The van der Waals surface area contributed by atoms with Crippen molar-refractivity contribution in [1.82, 2.24) is 9.80 Å². The molecule has 0 aromatic heterocycles. The molecule has 0 spiro atoms. The van der Waals surface area contributed by atoms with Crippen molar-refractivity contribution in [3.8, 4) is 0 Å². The van der Waals surface area contributed by atoms with Crippen LogP contribution in [0.3, 0.4) is 0 Å². The Morgan fingerprint density at radius 3 is 2.38 bits per heavy atom. The van der Waals surface area contributed by atoms with Crippen LogP contribution in [0, 0.1) is 0 Å². The maximum atomic E-state index is 6.27. The first-order valence-electron chi connectivity index (χ1n) is 6.72. The van der Waals surface area contributed by atoms with E-state index in [1.807, 2.05) is 0 Å². The first kappa shape index (κ1) is 13.9. The molecule has 16 heavy (non-hydrogen) atoms. The number of hydrogen-bond donors (Lipinski definition) is 1. The lowest BCUT2D eigenvalue weighted by Gasteiger charge is -2.42. The van der Waals surface area contributed by atoms with E-state index < -0.39 is 0 Å². The van der Waals surface area contributed by atoms with E-state index in [1.54, 1.807) is 0 Å². The van der Waals surface area contributed by atoms with Crippen LogP contribution in [0.5, 0.6) is 0 Å². The van der Waals surface area contributed by atoms with Crippen molar-refractivity contribution in [2.75, 3.05) is 27.2 Å². The van der Waals surface area contributed by atoms with E-state index in [0.717, 1.165) is 13.1 Å². The lowest BCUT2D eigenvalue weighted by atomic mass is 9.89. The Morgan fingerprint density at radius 1 is 1.25 bits per heavy atom. The summed E-state index contributed by atoms with van der Waals surface area (Å²) in [7, 11) is 4.29. The molecule has 3 nitrogen and oxygen atoms in total. The second-order valence-electron chi connectivity index (χ2n) is 5.46. The number of nitrogens with zero attached hydrogens (tertiary/aromatic N) is 2. The fourth-order valence-corrected chi connectivity index (χ4v) is 3.06. The first-order chi connectivity index (χ1) is 7.56. The van der Waals surface area contributed by atoms with Crippen LogP contribution in [-0.2, 0) is 0 Å². The molecule has 1 fully saturated rings. The quantitative estimate of drug-likeness (QED) is 0.773. The number of rotatable bonds is 5. The van der Waals surface area contributed by atoms with Crippen LogP contribution in [-0.4, -0.2) is 55.1 Å². The molecule has 1 aliphatic carbocycles. The third-order valence-corrected chi connectivity index (χ3v) is 3.77. The Morgan fingerprint density at radius 2 is 1.88 bits per heavy atom. The van der Waals surface area contributed by atoms with Gasteiger partial charge in [0.2, 0.25) is 0 Å². The zero-order valence-electron chi connectivity index (χ0n) is 11.4. The summed E-state index contributed by atoms with van der Waals surface area (Å²) in [6, 6.07) is 1.60. The molecule has 0 saturated heterocycles. The maximum Gasteiger partial charge on any atom is 0.0250 e. The summed E-state index contributed by atoms with van der Waals surface area (Å²) in [4.78, 5) is 4.87. The molecule has 0 aliphatic heterocycles. The van der Waals surface area contributed by atoms with Crippen LogP contribution in [0.25, 0.3) is 0 Å². The van der Waals surface area contributed by atoms with Crippen molar-refractivity contribution >= 4 is 0 Å². The number of hydrogen-bond acceptors (Lipinski definition) is 3. The third kappa shape index (κ3) is 3.72. The van der Waals surface area contributed by atoms with Crippen molar-refractivity contribution in [3.05, 3.63) is 0 Å². The number of likely N-dealkylation sites (N-methyl/N-ethyl adjacent to an activating group) is 2. The van der Waals surface area contributed by atoms with Gasteiger partial charge in [0.1, 0.15) is 0 Å². The lowest BCUT2D eigenvalue weighted by Crippen LogP contribution is -2.54. The van der Waals surface area contributed by atoms with Gasteiger partial charge in [0.25, 0.3) is 0 Å². The summed E-state index contributed by atoms with van der Waals surface area (Å²) in [5.74, 6) is 0. The molecule has 2 N–H and O–H groups in total. The summed E-state index contributed by atoms with van der Waals surface area (Å²) in [5, 5.41) is 0. The van der Waals surface area contributed by atoms with E-state index in [2.05, 4.69) is 37.7 Å². The zero-order valence-corrected chi connectivity index (χ0v) is 11.4. The SMILES string of the molecule is CCN(C(C)CN(C)C)C1CCCCC1N. The normalized spacial score (nSPS) is 28.7. The van der Waals surface area contributed by atoms with Gasteiger partial charge >= 0.3 is 0 Å². The molecule has 3 atom stereocenters. The average molecular weight is 227 g/mol. The van der Waals surface area contributed by atoms with Crippen LogP contribution in [0.15, 0.2) is 0 Å². The minimum absolute atomic E-state index is 0.387. The highest BCUT2D eigenvalue weighted by molar-refractivity contribution is 4.88. The molecule has 1 rings (SSSR count). The van der Waals surface area contributed by atoms with E-state index in [0.29, 0.717) is 18.1 Å². The highest BCUT2D eigenvalue weighted by atomic mass is 15.2. The molecular formula is C13H29N3. The first-order valence-corrected chi connectivity index (χ1v) is 6.72. The fourth-order valence-electron chi connectivity index (χ4n) is 3.06. The van der Waals surface area contributed by atoms with E-state index in [1.165, 1.54) is 25.7 Å². The van der Waals surface area contributed by atoms with E-state index in [4.69, 9.17) is 5.73 Å². The van der Waals surface area contributed by atoms with Gasteiger partial charge in [-0.2, -0.15) is 0 Å². The standard InChI is InChI=1S/C13H29N3/c1-5-16(11(2)10-15(3)4)13-9-7-6-8-12(13)14/h11-13H,5-10,14H2,1-4H3. The highest BCUT2D eigenvalue weighted by Crippen LogP contribution is 2.23. The molecule has 0 radical (unpaired) electrons. The second-order valence-corrected chi connectivity index (χ2v) is 5.46. The fraction of sp³-hybridized carbons (Fsp3) is 1.00. The molecule has 3 heteroatoms. The van der Waals surface area contributed by atoms with Gasteiger partial charge in [0.15, 0.2) is 0 Å². The van der Waals surface area contributed by atoms with Crippen molar-refractivity contribution in [2.45, 2.75) is 57.7 Å². The predicted octanol–water partition coefficient (Wildman–Crippen LogP) is 1.53. The zero-order chi connectivity index (χ0) is 12.1. The van der Waals surface area contributed by atoms with E-state index >= 15 is 0 Å². The topological polar surface area (TPSA) is 32.5 Å². The van der Waals surface area contributed by atoms with Crippen LogP contribution in [0.2, 0.25) is 0 Å². The van der Waals surface area contributed by atoms with Crippen molar-refractivity contribution in [2.24, 2.45) is 5.73 Å². The Balaban J connectivity index is 2.57. The van der Waals surface area contributed by atoms with Gasteiger partial charge in [-0.25, -0.2) is 0 Å². The summed E-state index contributed by atoms with van der Waals surface area (Å²) in [6.07, 6.45) is 5.16. The van der Waals surface area contributed by atoms with Gasteiger partial charge in [-0.1, -0.05) is 19.8 Å². The van der Waals surface area contributed by atoms with Crippen molar-refractivity contribution < 1.29 is 0 Å². The Bertz CT molecular complexity index is 194. The summed E-state index contributed by atoms with van der Waals surface area (Å²) in [5.41, 5.74) is 6.27. The minimum Gasteiger partial charge on any atom is -0.326 e. The molecule has 0 aromatic carbocycles. The molecule has 96 valence electrons. The summed E-state index contributed by atoms with van der Waals surface area (Å²) in [6.45, 7) is 6.82. The Hall–Kier alpha value is -0.120. The largest absolute Gasteiger partial charge is 0.326 e. The molecule has 0 bridgehead atoms. The lowest BCUT2D eigenvalue weighted by molar-refractivity contribution is 0.0886. The van der Waals surface area contributed by atoms with Gasteiger partial charge in [0.05, 0.1) is 0 Å². The summed E-state index contributed by atoms with van der Waals surface area (Å²) >= 11 is 0. The summed E-state index contributed by atoms with van der Waals surface area (Å²) < 4.78 is 0. The smallest absolute Gasteiger partial charge is 0.0250 e.